The molecule has 8 rings (SSSR count). The number of para-hydroxylation sites is 1. The zero-order valence-electron chi connectivity index (χ0n) is 50.4. The number of carbonyl (C=O) groups is 6. The zero-order valence-corrected chi connectivity index (χ0v) is 51.2. The van der Waals surface area contributed by atoms with Crippen molar-refractivity contribution < 1.29 is 66.7 Å². The number of anilines is 1. The molecule has 0 bridgehead atoms. The summed E-state index contributed by atoms with van der Waals surface area (Å²) in [6.07, 6.45) is 18.4. The largest absolute Gasteiger partial charge is 0.494 e. The lowest BCUT2D eigenvalue weighted by Crippen LogP contribution is -2.31. The van der Waals surface area contributed by atoms with Crippen LogP contribution in [0, 0.1) is 23.7 Å². The van der Waals surface area contributed by atoms with Crippen LogP contribution in [-0.2, 0) is 38.2 Å². The van der Waals surface area contributed by atoms with E-state index in [9.17, 15) is 28.8 Å². The molecule has 0 amide bonds. The molecule has 88 heavy (non-hydrogen) atoms. The molecule has 2 saturated carbocycles. The van der Waals surface area contributed by atoms with Crippen molar-refractivity contribution in [2.24, 2.45) is 28.8 Å². The molecule has 0 spiro atoms. The van der Waals surface area contributed by atoms with E-state index in [0.717, 1.165) is 99.4 Å². The molecule has 17 nitrogen and oxygen atoms in total. The fourth-order valence-corrected chi connectivity index (χ4v) is 11.6. The molecule has 2 fully saturated rings. The van der Waals surface area contributed by atoms with Crippen molar-refractivity contribution >= 4 is 79.5 Å². The molecule has 2 aliphatic rings. The third-order valence-corrected chi connectivity index (χ3v) is 16.8. The molecule has 5 aromatic carbocycles. The lowest BCUT2D eigenvalue weighted by Gasteiger charge is -2.27. The Morgan fingerprint density at radius 3 is 1.47 bits per heavy atom. The number of esters is 6. The molecule has 466 valence electrons. The van der Waals surface area contributed by atoms with Gasteiger partial charge in [-0.2, -0.15) is 5.10 Å². The molecule has 0 saturated heterocycles. The van der Waals surface area contributed by atoms with Gasteiger partial charge < -0.3 is 37.9 Å². The van der Waals surface area contributed by atoms with Crippen LogP contribution in [0.3, 0.4) is 0 Å². The Labute approximate surface area is 519 Å². The van der Waals surface area contributed by atoms with Crippen molar-refractivity contribution in [3.8, 4) is 34.5 Å². The monoisotopic (exact) mass is 1220 g/mol. The number of rotatable bonds is 34. The Morgan fingerprint density at radius 1 is 0.523 bits per heavy atom. The molecular weight excluding hydrogens is 1140 g/mol. The van der Waals surface area contributed by atoms with Crippen LogP contribution in [-0.4, -0.2) is 80.0 Å². The molecule has 0 atom stereocenters. The first-order valence-electron chi connectivity index (χ1n) is 31.1. The predicted molar refractivity (Wildman–Crippen MR) is 339 cm³/mol. The second kappa shape index (κ2) is 34.8. The summed E-state index contributed by atoms with van der Waals surface area (Å²) in [7, 11) is 0. The summed E-state index contributed by atoms with van der Waals surface area (Å²) >= 11 is 1.54. The van der Waals surface area contributed by atoms with E-state index in [1.165, 1.54) is 11.3 Å². The van der Waals surface area contributed by atoms with Gasteiger partial charge in [-0.25, -0.2) is 19.6 Å². The minimum atomic E-state index is -0.497. The summed E-state index contributed by atoms with van der Waals surface area (Å²) in [5.41, 5.74) is 1.29. The van der Waals surface area contributed by atoms with E-state index in [-0.39, 0.29) is 23.4 Å². The second-order valence-corrected chi connectivity index (χ2v) is 23.2. The third kappa shape index (κ3) is 20.1. The fraction of sp³-hybridized carbons (Fsp3) is 0.429. The first-order valence-corrected chi connectivity index (χ1v) is 31.9. The molecule has 18 heteroatoms. The number of hydrazone groups is 1. The maximum atomic E-state index is 14.4. The lowest BCUT2D eigenvalue weighted by molar-refractivity contribution is -0.145. The van der Waals surface area contributed by atoms with E-state index in [0.29, 0.717) is 129 Å². The van der Waals surface area contributed by atoms with Crippen LogP contribution in [0.15, 0.2) is 134 Å². The van der Waals surface area contributed by atoms with Gasteiger partial charge in [-0.05, 0) is 176 Å². The SMILES string of the molecule is C=CC(=O)OCCCCCCOc1ccc(OC(=O)C2CCC(C(=O)Oc3cc(/C=N/N(CCCCCC)c4nc5ccccc5s4)c(OC(=O)C4CCC(C(=O)Oc5ccc(OCCCCCCOC(=O)C=C)cc5)CC4)c4ccccc34)CC2)cc1. The van der Waals surface area contributed by atoms with E-state index >= 15 is 0 Å². The lowest BCUT2D eigenvalue weighted by atomic mass is 9.82. The topological polar surface area (TPSA) is 205 Å². The quantitative estimate of drug-likeness (QED) is 0.00920. The average Bonchev–Trinajstić information content (AvgIpc) is 3.05. The number of aromatic nitrogens is 1. The van der Waals surface area contributed by atoms with Gasteiger partial charge in [0.05, 0.1) is 66.5 Å². The van der Waals surface area contributed by atoms with Crippen LogP contribution in [0.25, 0.3) is 21.0 Å². The Hall–Kier alpha value is -8.38. The van der Waals surface area contributed by atoms with Gasteiger partial charge in [0, 0.05) is 35.0 Å². The Morgan fingerprint density at radius 2 is 0.966 bits per heavy atom. The number of fused-ring (bicyclic) bond motifs is 2. The number of hydrogen-bond donors (Lipinski definition) is 0. The van der Waals surface area contributed by atoms with Crippen LogP contribution < -0.4 is 33.4 Å². The summed E-state index contributed by atoms with van der Waals surface area (Å²) in [6, 6.07) is 30.9. The molecule has 0 aliphatic heterocycles. The van der Waals surface area contributed by atoms with Gasteiger partial charge in [-0.15, -0.1) is 0 Å². The van der Waals surface area contributed by atoms with Crippen molar-refractivity contribution in [3.63, 3.8) is 0 Å². The number of nitrogens with zero attached hydrogens (tertiary/aromatic N) is 3. The molecule has 6 aromatic rings. The van der Waals surface area contributed by atoms with Crippen LogP contribution in [0.4, 0.5) is 5.13 Å². The minimum absolute atomic E-state index is 0.271. The average molecular weight is 1220 g/mol. The number of thiazole rings is 1. The highest BCUT2D eigenvalue weighted by molar-refractivity contribution is 7.22. The molecule has 1 heterocycles. The van der Waals surface area contributed by atoms with Gasteiger partial charge in [0.15, 0.2) is 0 Å². The van der Waals surface area contributed by atoms with Crippen LogP contribution >= 0.6 is 11.3 Å². The van der Waals surface area contributed by atoms with Crippen LogP contribution in [0.1, 0.15) is 141 Å². The number of ether oxygens (including phenoxy) is 8. The second-order valence-electron chi connectivity index (χ2n) is 22.2. The van der Waals surface area contributed by atoms with Gasteiger partial charge in [-0.1, -0.05) is 87.1 Å². The maximum absolute atomic E-state index is 14.4. The molecule has 0 radical (unpaired) electrons. The molecule has 1 aromatic heterocycles. The van der Waals surface area contributed by atoms with E-state index in [1.54, 1.807) is 60.8 Å². The number of carbonyl (C=O) groups excluding carboxylic acids is 6. The van der Waals surface area contributed by atoms with Crippen LogP contribution in [0.5, 0.6) is 34.5 Å². The van der Waals surface area contributed by atoms with E-state index in [4.69, 9.17) is 48.0 Å². The van der Waals surface area contributed by atoms with Crippen molar-refractivity contribution in [3.05, 3.63) is 134 Å². The van der Waals surface area contributed by atoms with Gasteiger partial charge in [0.2, 0.25) is 5.13 Å². The fourth-order valence-electron chi connectivity index (χ4n) is 10.7. The highest BCUT2D eigenvalue weighted by atomic mass is 32.1. The summed E-state index contributed by atoms with van der Waals surface area (Å²) in [5, 5.41) is 8.75. The Kier molecular flexibility index (Phi) is 26.0. The third-order valence-electron chi connectivity index (χ3n) is 15.8. The standard InChI is InChI=1S/C70H81N3O14S/c1-4-7-8-17-42-73(70-72-60-24-15-16-25-62(60)88-70)71-48-53-47-61(86-68(78)51-30-26-49(27-31-51)66(76)84-56-38-34-54(35-39-56)80-43-18-9-11-20-45-82-63(74)5-2)58-22-13-14-23-59(58)65(53)87-69(79)52-32-28-50(29-33-52)67(77)85-57-40-36-55(37-41-57)81-44-19-10-12-21-46-83-64(75)6-3/h5-6,13-16,22-25,34-41,47-52H,2-4,7-12,17-21,26-33,42-46H2,1H3/b71-48+. The van der Waals surface area contributed by atoms with Crippen molar-refractivity contribution in [1.29, 1.82) is 0 Å². The number of hydrogen-bond acceptors (Lipinski definition) is 18. The van der Waals surface area contributed by atoms with Gasteiger partial charge >= 0.3 is 35.8 Å². The number of unbranched alkanes of at least 4 members (excludes halogenated alkanes) is 9. The summed E-state index contributed by atoms with van der Waals surface area (Å²) < 4.78 is 47.2. The minimum Gasteiger partial charge on any atom is -0.494 e. The molecular formula is C70H81N3O14S. The number of benzene rings is 5. The Bertz CT molecular complexity index is 3270. The van der Waals surface area contributed by atoms with Gasteiger partial charge in [-0.3, -0.25) is 19.2 Å². The van der Waals surface area contributed by atoms with E-state index in [1.807, 2.05) is 53.5 Å². The first-order chi connectivity index (χ1) is 43.0. The van der Waals surface area contributed by atoms with E-state index < -0.39 is 47.5 Å². The molecule has 2 aliphatic carbocycles. The van der Waals surface area contributed by atoms with Crippen molar-refractivity contribution in [1.82, 2.24) is 4.98 Å². The maximum Gasteiger partial charge on any atom is 0.330 e. The van der Waals surface area contributed by atoms with Gasteiger partial charge in [0.25, 0.3) is 0 Å². The van der Waals surface area contributed by atoms with E-state index in [2.05, 4.69) is 20.1 Å². The smallest absolute Gasteiger partial charge is 0.330 e. The highest BCUT2D eigenvalue weighted by Gasteiger charge is 2.35. The summed E-state index contributed by atoms with van der Waals surface area (Å²) in [5.74, 6) is -1.48. The summed E-state index contributed by atoms with van der Waals surface area (Å²) in [6.45, 7) is 11.3. The van der Waals surface area contributed by atoms with Crippen LogP contribution in [0.2, 0.25) is 0 Å². The highest BCUT2D eigenvalue weighted by Crippen LogP contribution is 2.40. The molecule has 0 unspecified atom stereocenters. The van der Waals surface area contributed by atoms with Crippen molar-refractivity contribution in [2.45, 2.75) is 135 Å². The predicted octanol–water partition coefficient (Wildman–Crippen LogP) is 14.8. The molecule has 0 N–H and O–H groups in total. The zero-order chi connectivity index (χ0) is 61.9. The van der Waals surface area contributed by atoms with Crippen molar-refractivity contribution in [2.75, 3.05) is 38.0 Å². The summed E-state index contributed by atoms with van der Waals surface area (Å²) in [4.78, 5) is 82.8. The van der Waals surface area contributed by atoms with Gasteiger partial charge in [0.1, 0.15) is 34.5 Å². The first kappa shape index (κ1) is 65.6. The Balaban J connectivity index is 0.889. The normalized spacial score (nSPS) is 16.5.